The topological polar surface area (TPSA) is 62.4 Å². The molecule has 1 atom stereocenters. The highest BCUT2D eigenvalue weighted by Gasteiger charge is 2.23. The second-order valence-electron chi connectivity index (χ2n) is 4.79. The van der Waals surface area contributed by atoms with Gasteiger partial charge in [-0.05, 0) is 30.8 Å². The molecule has 0 radical (unpaired) electrons. The van der Waals surface area contributed by atoms with Crippen molar-refractivity contribution in [2.75, 3.05) is 13.2 Å². The van der Waals surface area contributed by atoms with Crippen molar-refractivity contribution < 1.29 is 9.63 Å². The number of piperidine rings is 1. The van der Waals surface area contributed by atoms with E-state index in [1.54, 1.807) is 11.3 Å². The van der Waals surface area contributed by atoms with Crippen molar-refractivity contribution in [1.82, 2.24) is 15.0 Å². The summed E-state index contributed by atoms with van der Waals surface area (Å²) in [5.74, 6) is 1.28. The molecule has 6 heteroatoms. The minimum Gasteiger partial charge on any atom is -0.395 e. The van der Waals surface area contributed by atoms with Crippen molar-refractivity contribution in [2.24, 2.45) is 0 Å². The van der Waals surface area contributed by atoms with E-state index in [2.05, 4.69) is 15.0 Å². The van der Waals surface area contributed by atoms with Crippen LogP contribution in [-0.4, -0.2) is 39.3 Å². The van der Waals surface area contributed by atoms with E-state index < -0.39 is 0 Å². The molecule has 3 rings (SSSR count). The van der Waals surface area contributed by atoms with Crippen LogP contribution in [0.1, 0.15) is 25.2 Å². The fraction of sp³-hybridized carbons (Fsp3) is 0.538. The zero-order chi connectivity index (χ0) is 13.1. The zero-order valence-corrected chi connectivity index (χ0v) is 11.5. The molecule has 1 aliphatic rings. The smallest absolute Gasteiger partial charge is 0.241 e. The SMILES string of the molecule is OC[C@@H]1CCCCN1Cc1nc(-c2cccs2)no1. The molecule has 0 saturated carbocycles. The average molecular weight is 279 g/mol. The molecule has 0 bridgehead atoms. The number of hydrogen-bond acceptors (Lipinski definition) is 6. The van der Waals surface area contributed by atoms with Crippen LogP contribution in [0.5, 0.6) is 0 Å². The maximum Gasteiger partial charge on any atom is 0.241 e. The molecule has 19 heavy (non-hydrogen) atoms. The van der Waals surface area contributed by atoms with Crippen LogP contribution in [0.3, 0.4) is 0 Å². The van der Waals surface area contributed by atoms with Crippen molar-refractivity contribution in [1.29, 1.82) is 0 Å². The van der Waals surface area contributed by atoms with Gasteiger partial charge in [-0.15, -0.1) is 11.3 Å². The van der Waals surface area contributed by atoms with Gasteiger partial charge in [0.2, 0.25) is 11.7 Å². The first-order valence-electron chi connectivity index (χ1n) is 6.58. The van der Waals surface area contributed by atoms with Gasteiger partial charge in [0.1, 0.15) is 0 Å². The van der Waals surface area contributed by atoms with E-state index in [9.17, 15) is 5.11 Å². The third kappa shape index (κ3) is 2.86. The van der Waals surface area contributed by atoms with Crippen molar-refractivity contribution in [3.63, 3.8) is 0 Å². The molecule has 5 nitrogen and oxygen atoms in total. The summed E-state index contributed by atoms with van der Waals surface area (Å²) in [4.78, 5) is 7.68. The molecular weight excluding hydrogens is 262 g/mol. The number of hydrogen-bond donors (Lipinski definition) is 1. The quantitative estimate of drug-likeness (QED) is 0.929. The van der Waals surface area contributed by atoms with Gasteiger partial charge in [-0.2, -0.15) is 4.98 Å². The van der Waals surface area contributed by atoms with Crippen molar-refractivity contribution in [2.45, 2.75) is 31.8 Å². The third-order valence-corrected chi connectivity index (χ3v) is 4.37. The van der Waals surface area contributed by atoms with E-state index in [1.807, 2.05) is 17.5 Å². The van der Waals surface area contributed by atoms with Crippen LogP contribution >= 0.6 is 11.3 Å². The van der Waals surface area contributed by atoms with Crippen LogP contribution in [0, 0.1) is 0 Å². The van der Waals surface area contributed by atoms with Crippen LogP contribution in [0.2, 0.25) is 0 Å². The molecule has 1 fully saturated rings. The third-order valence-electron chi connectivity index (χ3n) is 3.51. The number of likely N-dealkylation sites (tertiary alicyclic amines) is 1. The Morgan fingerprint density at radius 2 is 2.42 bits per heavy atom. The molecule has 1 N–H and O–H groups in total. The Balaban J connectivity index is 1.69. The highest BCUT2D eigenvalue weighted by atomic mass is 32.1. The van der Waals surface area contributed by atoms with E-state index in [0.717, 1.165) is 17.8 Å². The summed E-state index contributed by atoms with van der Waals surface area (Å²) >= 11 is 1.60. The summed E-state index contributed by atoms with van der Waals surface area (Å²) in [7, 11) is 0. The van der Waals surface area contributed by atoms with Gasteiger partial charge in [0.25, 0.3) is 0 Å². The molecule has 3 heterocycles. The lowest BCUT2D eigenvalue weighted by Crippen LogP contribution is -2.41. The largest absolute Gasteiger partial charge is 0.395 e. The number of nitrogens with zero attached hydrogens (tertiary/aromatic N) is 3. The Labute approximate surface area is 115 Å². The molecule has 2 aromatic heterocycles. The van der Waals surface area contributed by atoms with Gasteiger partial charge in [-0.25, -0.2) is 0 Å². The predicted octanol–water partition coefficient (Wildman–Crippen LogP) is 2.14. The number of aromatic nitrogens is 2. The molecule has 0 aromatic carbocycles. The summed E-state index contributed by atoms with van der Waals surface area (Å²) < 4.78 is 5.31. The first kappa shape index (κ1) is 12.8. The fourth-order valence-corrected chi connectivity index (χ4v) is 3.12. The van der Waals surface area contributed by atoms with Gasteiger partial charge in [0.05, 0.1) is 18.0 Å². The minimum absolute atomic E-state index is 0.200. The summed E-state index contributed by atoms with van der Waals surface area (Å²) in [5.41, 5.74) is 0. The first-order chi connectivity index (χ1) is 9.36. The molecule has 0 amide bonds. The maximum absolute atomic E-state index is 9.39. The monoisotopic (exact) mass is 279 g/mol. The van der Waals surface area contributed by atoms with Crippen LogP contribution < -0.4 is 0 Å². The number of aliphatic hydroxyl groups is 1. The second-order valence-corrected chi connectivity index (χ2v) is 5.74. The molecular formula is C13H17N3O2S. The van der Waals surface area contributed by atoms with E-state index in [0.29, 0.717) is 18.3 Å². The number of aliphatic hydroxyl groups excluding tert-OH is 1. The van der Waals surface area contributed by atoms with Crippen LogP contribution in [0.25, 0.3) is 10.7 Å². The molecule has 0 spiro atoms. The minimum atomic E-state index is 0.200. The molecule has 1 aliphatic heterocycles. The normalized spacial score (nSPS) is 20.8. The van der Waals surface area contributed by atoms with Gasteiger partial charge in [-0.1, -0.05) is 17.6 Å². The maximum atomic E-state index is 9.39. The Morgan fingerprint density at radius 1 is 1.47 bits per heavy atom. The Bertz CT molecular complexity index is 512. The zero-order valence-electron chi connectivity index (χ0n) is 10.7. The lowest BCUT2D eigenvalue weighted by Gasteiger charge is -2.33. The predicted molar refractivity (Wildman–Crippen MR) is 72.7 cm³/mol. The average Bonchev–Trinajstić information content (AvgIpc) is 3.09. The van der Waals surface area contributed by atoms with Crippen LogP contribution in [0.15, 0.2) is 22.0 Å². The van der Waals surface area contributed by atoms with Crippen molar-refractivity contribution in [3.8, 4) is 10.7 Å². The van der Waals surface area contributed by atoms with Gasteiger partial charge in [0.15, 0.2) is 0 Å². The molecule has 0 aliphatic carbocycles. The fourth-order valence-electron chi connectivity index (χ4n) is 2.47. The van der Waals surface area contributed by atoms with Gasteiger partial charge >= 0.3 is 0 Å². The lowest BCUT2D eigenvalue weighted by atomic mass is 10.0. The summed E-state index contributed by atoms with van der Waals surface area (Å²) in [6.07, 6.45) is 3.40. The van der Waals surface area contributed by atoms with Crippen molar-refractivity contribution in [3.05, 3.63) is 23.4 Å². The van der Waals surface area contributed by atoms with E-state index in [-0.39, 0.29) is 12.6 Å². The molecule has 102 valence electrons. The Kier molecular flexibility index (Phi) is 3.91. The highest BCUT2D eigenvalue weighted by molar-refractivity contribution is 7.13. The number of thiophene rings is 1. The van der Waals surface area contributed by atoms with Gasteiger partial charge in [0, 0.05) is 6.04 Å². The van der Waals surface area contributed by atoms with Crippen molar-refractivity contribution >= 4 is 11.3 Å². The van der Waals surface area contributed by atoms with Gasteiger partial charge in [-0.3, -0.25) is 4.90 Å². The summed E-state index contributed by atoms with van der Waals surface area (Å²) in [6.45, 7) is 1.82. The summed E-state index contributed by atoms with van der Waals surface area (Å²) in [6, 6.07) is 4.19. The Hall–Kier alpha value is -1.24. The highest BCUT2D eigenvalue weighted by Crippen LogP contribution is 2.23. The van der Waals surface area contributed by atoms with Gasteiger partial charge < -0.3 is 9.63 Å². The van der Waals surface area contributed by atoms with Crippen LogP contribution in [-0.2, 0) is 6.54 Å². The lowest BCUT2D eigenvalue weighted by molar-refractivity contribution is 0.0749. The standard InChI is InChI=1S/C13H17N3O2S/c17-9-10-4-1-2-6-16(10)8-12-14-13(15-18-12)11-5-3-7-19-11/h3,5,7,10,17H,1-2,4,6,8-9H2/t10-/m0/s1. The van der Waals surface area contributed by atoms with Crippen LogP contribution in [0.4, 0.5) is 0 Å². The van der Waals surface area contributed by atoms with E-state index in [1.165, 1.54) is 12.8 Å². The summed E-state index contributed by atoms with van der Waals surface area (Å²) in [5, 5.41) is 15.4. The first-order valence-corrected chi connectivity index (χ1v) is 7.46. The van der Waals surface area contributed by atoms with E-state index in [4.69, 9.17) is 4.52 Å². The molecule has 0 unspecified atom stereocenters. The molecule has 1 saturated heterocycles. The number of rotatable bonds is 4. The van der Waals surface area contributed by atoms with E-state index >= 15 is 0 Å². The second kappa shape index (κ2) is 5.81. The molecule has 2 aromatic rings. The Morgan fingerprint density at radius 3 is 3.21 bits per heavy atom.